The number of ether oxygens (including phenoxy) is 1. The summed E-state index contributed by atoms with van der Waals surface area (Å²) in [5, 5.41) is 7.32. The van der Waals surface area contributed by atoms with Gasteiger partial charge < -0.3 is 15.4 Å². The fraction of sp³-hybridized carbons (Fsp3) is 0.647. The highest BCUT2D eigenvalue weighted by molar-refractivity contribution is 5.76. The van der Waals surface area contributed by atoms with Crippen LogP contribution in [0.3, 0.4) is 0 Å². The highest BCUT2D eigenvalue weighted by Crippen LogP contribution is 2.43. The van der Waals surface area contributed by atoms with Crippen molar-refractivity contribution in [2.45, 2.75) is 39.5 Å². The van der Waals surface area contributed by atoms with E-state index in [9.17, 15) is 0 Å². The lowest BCUT2D eigenvalue weighted by Gasteiger charge is -2.38. The molecule has 0 aromatic heterocycles. The second-order valence-electron chi connectivity index (χ2n) is 6.50. The van der Waals surface area contributed by atoms with Gasteiger partial charge in [0.2, 0.25) is 0 Å². The molecular formula is C17H26N2O. The molecule has 1 spiro atoms. The van der Waals surface area contributed by atoms with Gasteiger partial charge in [0.15, 0.2) is 0 Å². The summed E-state index contributed by atoms with van der Waals surface area (Å²) in [7, 11) is 0. The number of rotatable bonds is 2. The minimum Gasteiger partial charge on any atom is -0.492 e. The van der Waals surface area contributed by atoms with E-state index < -0.39 is 0 Å². The fourth-order valence-electron chi connectivity index (χ4n) is 3.49. The molecule has 0 radical (unpaired) electrons. The first-order chi connectivity index (χ1) is 9.72. The minimum atomic E-state index is 0.412. The third-order valence-electron chi connectivity index (χ3n) is 4.96. The molecule has 20 heavy (non-hydrogen) atoms. The van der Waals surface area contributed by atoms with Crippen LogP contribution in [0.2, 0.25) is 0 Å². The number of fused-ring (bicyclic) bond motifs is 1. The molecule has 0 atom stereocenters. The molecule has 3 nitrogen and oxygen atoms in total. The molecule has 0 unspecified atom stereocenters. The lowest BCUT2D eigenvalue weighted by Crippen LogP contribution is -2.38. The Balaban J connectivity index is 1.79. The molecule has 1 aromatic carbocycles. The van der Waals surface area contributed by atoms with Crippen molar-refractivity contribution >= 4 is 11.4 Å². The van der Waals surface area contributed by atoms with E-state index in [1.54, 1.807) is 0 Å². The van der Waals surface area contributed by atoms with Gasteiger partial charge in [-0.2, -0.15) is 0 Å². The summed E-state index contributed by atoms with van der Waals surface area (Å²) in [6.07, 6.45) is 5.37. The van der Waals surface area contributed by atoms with Gasteiger partial charge in [-0.3, -0.25) is 0 Å². The van der Waals surface area contributed by atoms with E-state index >= 15 is 0 Å². The average Bonchev–Trinajstić information content (AvgIpc) is 2.64. The first-order valence-electron chi connectivity index (χ1n) is 7.96. The number of para-hydroxylation sites is 1. The average molecular weight is 274 g/mol. The van der Waals surface area contributed by atoms with E-state index in [0.29, 0.717) is 12.0 Å². The summed E-state index contributed by atoms with van der Waals surface area (Å²) in [6.45, 7) is 7.26. The van der Waals surface area contributed by atoms with Crippen LogP contribution in [0.15, 0.2) is 18.2 Å². The van der Waals surface area contributed by atoms with Crippen molar-refractivity contribution in [3.05, 3.63) is 18.2 Å². The molecule has 1 heterocycles. The third kappa shape index (κ3) is 2.58. The maximum Gasteiger partial charge on any atom is 0.144 e. The fourth-order valence-corrected chi connectivity index (χ4v) is 3.49. The van der Waals surface area contributed by atoms with Crippen LogP contribution in [0.5, 0.6) is 5.75 Å². The lowest BCUT2D eigenvalue weighted by molar-refractivity contribution is 0.185. The molecule has 0 amide bonds. The largest absolute Gasteiger partial charge is 0.492 e. The van der Waals surface area contributed by atoms with Crippen molar-refractivity contribution < 1.29 is 4.74 Å². The highest BCUT2D eigenvalue weighted by atomic mass is 16.5. The standard InChI is InChI=1S/C17H26N2O/c1-3-20-15-6-4-5-14-16(15)19-12-17(11-18-14)9-7-13(2)8-10-17/h4-6,13,18-19H,3,7-12H2,1-2H3. The zero-order valence-corrected chi connectivity index (χ0v) is 12.7. The van der Waals surface area contributed by atoms with E-state index in [-0.39, 0.29) is 0 Å². The van der Waals surface area contributed by atoms with E-state index in [0.717, 1.165) is 30.4 Å². The topological polar surface area (TPSA) is 33.3 Å². The van der Waals surface area contributed by atoms with Crippen LogP contribution in [0.1, 0.15) is 39.5 Å². The van der Waals surface area contributed by atoms with Crippen molar-refractivity contribution in [2.24, 2.45) is 11.3 Å². The highest BCUT2D eigenvalue weighted by Gasteiger charge is 2.36. The van der Waals surface area contributed by atoms with Crippen molar-refractivity contribution in [3.63, 3.8) is 0 Å². The molecule has 0 saturated heterocycles. The number of hydrogen-bond donors (Lipinski definition) is 2. The molecule has 110 valence electrons. The van der Waals surface area contributed by atoms with Crippen LogP contribution in [-0.4, -0.2) is 19.7 Å². The van der Waals surface area contributed by atoms with E-state index in [1.807, 2.05) is 6.92 Å². The molecule has 0 bridgehead atoms. The second kappa shape index (κ2) is 5.55. The van der Waals surface area contributed by atoms with Gasteiger partial charge in [0.1, 0.15) is 11.4 Å². The van der Waals surface area contributed by atoms with Crippen molar-refractivity contribution in [2.75, 3.05) is 30.3 Å². The zero-order valence-electron chi connectivity index (χ0n) is 12.7. The minimum absolute atomic E-state index is 0.412. The Kier molecular flexibility index (Phi) is 3.77. The monoisotopic (exact) mass is 274 g/mol. The van der Waals surface area contributed by atoms with E-state index in [2.05, 4.69) is 35.8 Å². The Bertz CT molecular complexity index is 464. The molecule has 3 rings (SSSR count). The molecule has 3 heteroatoms. The Morgan fingerprint density at radius 2 is 1.95 bits per heavy atom. The molecule has 1 aromatic rings. The summed E-state index contributed by atoms with van der Waals surface area (Å²) >= 11 is 0. The normalized spacial score (nSPS) is 29.0. The number of benzene rings is 1. The summed E-state index contributed by atoms with van der Waals surface area (Å²) in [4.78, 5) is 0. The first kappa shape index (κ1) is 13.6. The predicted octanol–water partition coefficient (Wildman–Crippen LogP) is 4.12. The van der Waals surface area contributed by atoms with Gasteiger partial charge in [0.25, 0.3) is 0 Å². The summed E-state index contributed by atoms with van der Waals surface area (Å²) in [5.74, 6) is 1.86. The lowest BCUT2D eigenvalue weighted by atomic mass is 9.71. The van der Waals surface area contributed by atoms with Crippen LogP contribution in [0.4, 0.5) is 11.4 Å². The molecule has 2 aliphatic rings. The Hall–Kier alpha value is -1.38. The van der Waals surface area contributed by atoms with Gasteiger partial charge in [-0.05, 0) is 37.8 Å². The Morgan fingerprint density at radius 3 is 2.70 bits per heavy atom. The van der Waals surface area contributed by atoms with Crippen LogP contribution in [0, 0.1) is 11.3 Å². The predicted molar refractivity (Wildman–Crippen MR) is 84.7 cm³/mol. The Morgan fingerprint density at radius 1 is 1.20 bits per heavy atom. The first-order valence-corrected chi connectivity index (χ1v) is 7.96. The van der Waals surface area contributed by atoms with E-state index in [4.69, 9.17) is 4.74 Å². The zero-order chi connectivity index (χ0) is 14.0. The quantitative estimate of drug-likeness (QED) is 0.851. The van der Waals surface area contributed by atoms with Gasteiger partial charge in [0.05, 0.1) is 12.3 Å². The van der Waals surface area contributed by atoms with E-state index in [1.165, 1.54) is 31.4 Å². The van der Waals surface area contributed by atoms with Crippen LogP contribution < -0.4 is 15.4 Å². The third-order valence-corrected chi connectivity index (χ3v) is 4.96. The van der Waals surface area contributed by atoms with Gasteiger partial charge in [-0.15, -0.1) is 0 Å². The summed E-state index contributed by atoms with van der Waals surface area (Å²) in [5.41, 5.74) is 2.74. The maximum absolute atomic E-state index is 5.75. The second-order valence-corrected chi connectivity index (χ2v) is 6.50. The number of hydrogen-bond acceptors (Lipinski definition) is 3. The molecule has 1 aliphatic carbocycles. The van der Waals surface area contributed by atoms with Gasteiger partial charge in [-0.25, -0.2) is 0 Å². The molecule has 2 N–H and O–H groups in total. The van der Waals surface area contributed by atoms with Crippen LogP contribution in [-0.2, 0) is 0 Å². The van der Waals surface area contributed by atoms with Gasteiger partial charge >= 0.3 is 0 Å². The summed E-state index contributed by atoms with van der Waals surface area (Å²) < 4.78 is 5.75. The van der Waals surface area contributed by atoms with Gasteiger partial charge in [-0.1, -0.05) is 25.8 Å². The van der Waals surface area contributed by atoms with Crippen LogP contribution >= 0.6 is 0 Å². The molecule has 1 saturated carbocycles. The van der Waals surface area contributed by atoms with Gasteiger partial charge in [0, 0.05) is 18.5 Å². The summed E-state index contributed by atoms with van der Waals surface area (Å²) in [6, 6.07) is 6.27. The molecule has 1 fully saturated rings. The SMILES string of the molecule is CCOc1cccc2c1NCC1(CCC(C)CC1)CN2. The number of anilines is 2. The van der Waals surface area contributed by atoms with Crippen LogP contribution in [0.25, 0.3) is 0 Å². The maximum atomic E-state index is 5.75. The van der Waals surface area contributed by atoms with Crippen molar-refractivity contribution in [1.82, 2.24) is 0 Å². The number of nitrogens with one attached hydrogen (secondary N) is 2. The van der Waals surface area contributed by atoms with Crippen molar-refractivity contribution in [1.29, 1.82) is 0 Å². The van der Waals surface area contributed by atoms with Crippen molar-refractivity contribution in [3.8, 4) is 5.75 Å². The Labute approximate surface area is 122 Å². The molecule has 1 aliphatic heterocycles. The smallest absolute Gasteiger partial charge is 0.144 e. The molecular weight excluding hydrogens is 248 g/mol.